The fraction of sp³-hybridized carbons (Fsp3) is 0.462. The molecule has 2 heterocycles. The minimum Gasteiger partial charge on any atom is -0.396 e. The Morgan fingerprint density at radius 3 is 3.06 bits per heavy atom. The van der Waals surface area contributed by atoms with Crippen LogP contribution in [0, 0.1) is 5.92 Å². The minimum absolute atomic E-state index is 0.224. The van der Waals surface area contributed by atoms with Crippen molar-refractivity contribution in [2.45, 2.75) is 18.5 Å². The zero-order chi connectivity index (χ0) is 13.0. The summed E-state index contributed by atoms with van der Waals surface area (Å²) in [5.41, 5.74) is 2.16. The van der Waals surface area contributed by atoms with Crippen molar-refractivity contribution >= 4 is 17.4 Å². The summed E-state index contributed by atoms with van der Waals surface area (Å²) in [6.07, 6.45) is 2.04. The van der Waals surface area contributed by atoms with Gasteiger partial charge in [0.05, 0.1) is 5.69 Å². The molecule has 2 N–H and O–H groups in total. The van der Waals surface area contributed by atoms with Crippen LogP contribution in [-0.2, 0) is 6.54 Å². The van der Waals surface area contributed by atoms with Crippen LogP contribution < -0.4 is 5.32 Å². The lowest BCUT2D eigenvalue weighted by Crippen LogP contribution is -2.09. The number of pyridine rings is 1. The zero-order valence-corrected chi connectivity index (χ0v) is 11.6. The van der Waals surface area contributed by atoms with Crippen LogP contribution in [-0.4, -0.2) is 33.9 Å². The number of hydrogen-bond acceptors (Lipinski definition) is 4. The lowest BCUT2D eigenvalue weighted by Gasteiger charge is -2.07. The number of fused-ring (bicyclic) bond motifs is 1. The minimum atomic E-state index is 0.224. The average Bonchev–Trinajstić information content (AvgIpc) is 2.75. The summed E-state index contributed by atoms with van der Waals surface area (Å²) < 4.78 is 2.11. The van der Waals surface area contributed by atoms with E-state index in [4.69, 9.17) is 5.11 Å². The molecule has 98 valence electrons. The van der Waals surface area contributed by atoms with Crippen molar-refractivity contribution in [1.82, 2.24) is 14.7 Å². The summed E-state index contributed by atoms with van der Waals surface area (Å²) in [5.74, 6) is 1.18. The van der Waals surface area contributed by atoms with Gasteiger partial charge in [0, 0.05) is 25.1 Å². The maximum atomic E-state index is 9.07. The van der Waals surface area contributed by atoms with Crippen LogP contribution in [0.4, 0.5) is 0 Å². The third-order valence-corrected chi connectivity index (χ3v) is 4.09. The summed E-state index contributed by atoms with van der Waals surface area (Å²) in [7, 11) is 1.94. The number of aromatic nitrogens is 2. The highest BCUT2D eigenvalue weighted by atomic mass is 32.2. The number of imidazole rings is 1. The first-order valence-corrected chi connectivity index (χ1v) is 7.09. The summed E-state index contributed by atoms with van der Waals surface area (Å²) >= 11 is 1.71. The van der Waals surface area contributed by atoms with E-state index in [1.165, 1.54) is 5.69 Å². The van der Waals surface area contributed by atoms with Gasteiger partial charge in [-0.1, -0.05) is 13.0 Å². The number of thioether (sulfide) groups is 1. The second kappa shape index (κ2) is 6.22. The van der Waals surface area contributed by atoms with E-state index in [1.54, 1.807) is 11.8 Å². The quantitative estimate of drug-likeness (QED) is 0.782. The monoisotopic (exact) mass is 265 g/mol. The van der Waals surface area contributed by atoms with E-state index in [0.717, 1.165) is 23.0 Å². The Kier molecular flexibility index (Phi) is 4.63. The van der Waals surface area contributed by atoms with Crippen LogP contribution in [0.2, 0.25) is 0 Å². The number of nitrogens with zero attached hydrogens (tertiary/aromatic N) is 2. The van der Waals surface area contributed by atoms with Gasteiger partial charge in [0.2, 0.25) is 0 Å². The van der Waals surface area contributed by atoms with E-state index >= 15 is 0 Å². The van der Waals surface area contributed by atoms with Crippen molar-refractivity contribution in [3.63, 3.8) is 0 Å². The fourth-order valence-corrected chi connectivity index (χ4v) is 2.79. The molecule has 0 bridgehead atoms. The van der Waals surface area contributed by atoms with Gasteiger partial charge in [-0.2, -0.15) is 0 Å². The first-order chi connectivity index (χ1) is 8.76. The van der Waals surface area contributed by atoms with Crippen molar-refractivity contribution in [3.8, 4) is 0 Å². The predicted octanol–water partition coefficient (Wildman–Crippen LogP) is 1.77. The summed E-state index contributed by atoms with van der Waals surface area (Å²) in [6.45, 7) is 3.06. The van der Waals surface area contributed by atoms with Crippen LogP contribution in [0.15, 0.2) is 29.4 Å². The highest BCUT2D eigenvalue weighted by Gasteiger charge is 2.12. The van der Waals surface area contributed by atoms with Crippen molar-refractivity contribution in [1.29, 1.82) is 0 Å². The Morgan fingerprint density at radius 2 is 2.33 bits per heavy atom. The van der Waals surface area contributed by atoms with Crippen molar-refractivity contribution in [2.24, 2.45) is 5.92 Å². The van der Waals surface area contributed by atoms with Crippen LogP contribution in [0.3, 0.4) is 0 Å². The molecule has 1 unspecified atom stereocenters. The number of aliphatic hydroxyl groups is 1. The normalized spacial score (nSPS) is 13.1. The Labute approximate surface area is 111 Å². The van der Waals surface area contributed by atoms with Gasteiger partial charge in [-0.25, -0.2) is 4.98 Å². The third-order valence-electron chi connectivity index (χ3n) is 2.75. The van der Waals surface area contributed by atoms with Gasteiger partial charge in [0.15, 0.2) is 0 Å². The molecule has 0 saturated heterocycles. The van der Waals surface area contributed by atoms with Crippen LogP contribution in [0.5, 0.6) is 0 Å². The van der Waals surface area contributed by atoms with Gasteiger partial charge in [0.1, 0.15) is 10.7 Å². The molecule has 0 aliphatic heterocycles. The molecular formula is C13H19N3OS. The van der Waals surface area contributed by atoms with E-state index in [9.17, 15) is 0 Å². The molecule has 18 heavy (non-hydrogen) atoms. The molecule has 0 aromatic carbocycles. The molecule has 2 aromatic rings. The fourth-order valence-electron chi connectivity index (χ4n) is 1.74. The molecule has 0 spiro atoms. The van der Waals surface area contributed by atoms with E-state index in [1.807, 2.05) is 38.4 Å². The zero-order valence-electron chi connectivity index (χ0n) is 10.8. The van der Waals surface area contributed by atoms with Crippen LogP contribution in [0.1, 0.15) is 12.6 Å². The molecule has 0 fully saturated rings. The lowest BCUT2D eigenvalue weighted by atomic mass is 10.2. The van der Waals surface area contributed by atoms with E-state index in [-0.39, 0.29) is 6.61 Å². The molecule has 0 aliphatic carbocycles. The van der Waals surface area contributed by atoms with Crippen molar-refractivity contribution in [3.05, 3.63) is 30.1 Å². The van der Waals surface area contributed by atoms with Gasteiger partial charge in [-0.3, -0.25) is 0 Å². The number of hydrogen-bond donors (Lipinski definition) is 2. The Morgan fingerprint density at radius 1 is 1.50 bits per heavy atom. The highest BCUT2D eigenvalue weighted by molar-refractivity contribution is 7.99. The van der Waals surface area contributed by atoms with Crippen LogP contribution >= 0.6 is 11.8 Å². The van der Waals surface area contributed by atoms with Gasteiger partial charge < -0.3 is 14.8 Å². The largest absolute Gasteiger partial charge is 0.396 e. The van der Waals surface area contributed by atoms with Gasteiger partial charge in [0.25, 0.3) is 0 Å². The molecule has 5 heteroatoms. The maximum Gasteiger partial charge on any atom is 0.138 e. The Bertz CT molecular complexity index is 512. The molecule has 2 rings (SSSR count). The Hall–Kier alpha value is -1.04. The van der Waals surface area contributed by atoms with Crippen molar-refractivity contribution < 1.29 is 5.11 Å². The molecule has 2 aromatic heterocycles. The van der Waals surface area contributed by atoms with E-state index < -0.39 is 0 Å². The number of rotatable bonds is 6. The van der Waals surface area contributed by atoms with Crippen LogP contribution in [0.25, 0.3) is 5.65 Å². The molecule has 0 saturated carbocycles. The summed E-state index contributed by atoms with van der Waals surface area (Å²) in [5, 5.41) is 13.3. The molecular weight excluding hydrogens is 246 g/mol. The molecule has 4 nitrogen and oxygen atoms in total. The second-order valence-corrected chi connectivity index (χ2v) is 5.43. The molecule has 1 atom stereocenters. The van der Waals surface area contributed by atoms with Gasteiger partial charge >= 0.3 is 0 Å². The molecule has 0 amide bonds. The van der Waals surface area contributed by atoms with E-state index in [0.29, 0.717) is 5.92 Å². The van der Waals surface area contributed by atoms with E-state index in [2.05, 4.69) is 14.7 Å². The maximum absolute atomic E-state index is 9.07. The van der Waals surface area contributed by atoms with Gasteiger partial charge in [-0.15, -0.1) is 11.8 Å². The van der Waals surface area contributed by atoms with Gasteiger partial charge in [-0.05, 0) is 25.1 Å². The van der Waals surface area contributed by atoms with Crippen molar-refractivity contribution in [2.75, 3.05) is 19.4 Å². The SMILES string of the molecule is CNCc1c(SCC(C)CO)nc2ccccn12. The topological polar surface area (TPSA) is 49.6 Å². The first kappa shape index (κ1) is 13.4. The first-order valence-electron chi connectivity index (χ1n) is 6.10. The second-order valence-electron chi connectivity index (χ2n) is 4.42. The average molecular weight is 265 g/mol. The lowest BCUT2D eigenvalue weighted by molar-refractivity contribution is 0.250. The smallest absolute Gasteiger partial charge is 0.138 e. The third kappa shape index (κ3) is 2.85. The number of aliphatic hydroxyl groups excluding tert-OH is 1. The summed E-state index contributed by atoms with van der Waals surface area (Å²) in [6, 6.07) is 6.02. The standard InChI is InChI=1S/C13H19N3OS/c1-10(8-17)9-18-13-11(7-14-2)16-6-4-3-5-12(16)15-13/h3-6,10,14,17H,7-9H2,1-2H3. The highest BCUT2D eigenvalue weighted by Crippen LogP contribution is 2.25. The predicted molar refractivity (Wildman–Crippen MR) is 74.9 cm³/mol. The number of nitrogens with one attached hydrogen (secondary N) is 1. The summed E-state index contributed by atoms with van der Waals surface area (Å²) in [4.78, 5) is 4.64. The molecule has 0 aliphatic rings. The molecule has 0 radical (unpaired) electrons. The Balaban J connectivity index is 2.27.